The maximum Gasteiger partial charge on any atom is 0.417 e. The van der Waals surface area contributed by atoms with Crippen molar-refractivity contribution in [2.24, 2.45) is 0 Å². The molecule has 0 heterocycles. The van der Waals surface area contributed by atoms with Crippen molar-refractivity contribution in [2.45, 2.75) is 13.8 Å². The highest BCUT2D eigenvalue weighted by molar-refractivity contribution is 6.29. The first-order valence-corrected chi connectivity index (χ1v) is 3.06. The van der Waals surface area contributed by atoms with Gasteiger partial charge < -0.3 is 9.47 Å². The molecule has 0 aromatic carbocycles. The normalized spacial score (nSPS) is 8.60. The Kier molecular flexibility index (Phi) is 4.28. The van der Waals surface area contributed by atoms with E-state index in [1.165, 1.54) is 0 Å². The Morgan fingerprint density at radius 1 is 1.10 bits per heavy atom. The number of carbonyl (C=O) groups is 2. The minimum absolute atomic E-state index is 0. The lowest BCUT2D eigenvalue weighted by Gasteiger charge is -1.99. The van der Waals surface area contributed by atoms with Crippen LogP contribution in [0.25, 0.3) is 0 Å². The van der Waals surface area contributed by atoms with Crippen molar-refractivity contribution >= 4 is 11.9 Å². The minimum Gasteiger partial charge on any atom is -0.458 e. The summed E-state index contributed by atoms with van der Waals surface area (Å²) < 4.78 is 8.69. The molecular formula is C6H11O4. The van der Waals surface area contributed by atoms with Gasteiger partial charge >= 0.3 is 11.9 Å². The predicted octanol–water partition coefficient (Wildman–Crippen LogP) is 0.225. The summed E-state index contributed by atoms with van der Waals surface area (Å²) in [7, 11) is 0. The van der Waals surface area contributed by atoms with Gasteiger partial charge in [0, 0.05) is 1.43 Å². The van der Waals surface area contributed by atoms with Crippen LogP contribution in [0.5, 0.6) is 0 Å². The Morgan fingerprint density at radius 2 is 1.40 bits per heavy atom. The van der Waals surface area contributed by atoms with E-state index in [0.29, 0.717) is 0 Å². The average molecular weight is 147 g/mol. The second-order valence-electron chi connectivity index (χ2n) is 1.44. The molecule has 0 aliphatic rings. The first-order chi connectivity index (χ1) is 4.72. The molecule has 0 amide bonds. The number of ether oxygens (including phenoxy) is 2. The average Bonchev–Trinajstić information content (AvgIpc) is 1.89. The summed E-state index contributed by atoms with van der Waals surface area (Å²) in [5.41, 5.74) is 0. The molecule has 1 radical (unpaired) electrons. The number of hydrogen-bond donors (Lipinski definition) is 0. The van der Waals surface area contributed by atoms with Crippen molar-refractivity contribution in [3.05, 3.63) is 0 Å². The van der Waals surface area contributed by atoms with Gasteiger partial charge in [-0.2, -0.15) is 0 Å². The molecule has 4 nitrogen and oxygen atoms in total. The molecule has 0 N–H and O–H groups in total. The van der Waals surface area contributed by atoms with Crippen LogP contribution >= 0.6 is 0 Å². The summed E-state index contributed by atoms with van der Waals surface area (Å²) in [5, 5.41) is 0. The first kappa shape index (κ1) is 8.94. The van der Waals surface area contributed by atoms with Crippen molar-refractivity contribution in [2.75, 3.05) is 13.2 Å². The number of carbonyl (C=O) groups excluding carboxylic acids is 2. The third-order valence-corrected chi connectivity index (χ3v) is 0.718. The topological polar surface area (TPSA) is 52.6 Å². The zero-order valence-corrected chi connectivity index (χ0v) is 6.05. The second-order valence-corrected chi connectivity index (χ2v) is 1.44. The first-order valence-electron chi connectivity index (χ1n) is 3.06. The Morgan fingerprint density at radius 3 is 1.60 bits per heavy atom. The molecule has 0 aliphatic heterocycles. The fraction of sp³-hybridized carbons (Fsp3) is 0.667. The number of rotatable bonds is 2. The van der Waals surface area contributed by atoms with E-state index >= 15 is 0 Å². The van der Waals surface area contributed by atoms with E-state index in [0.717, 1.165) is 0 Å². The van der Waals surface area contributed by atoms with E-state index < -0.39 is 11.9 Å². The third kappa shape index (κ3) is 3.06. The molecule has 10 heavy (non-hydrogen) atoms. The smallest absolute Gasteiger partial charge is 0.417 e. The molecule has 0 saturated heterocycles. The molecule has 0 atom stereocenters. The second kappa shape index (κ2) is 4.78. The van der Waals surface area contributed by atoms with Crippen molar-refractivity contribution < 1.29 is 20.5 Å². The Labute approximate surface area is 60.6 Å². The molecule has 59 valence electrons. The monoisotopic (exact) mass is 147 g/mol. The SMILES string of the molecule is CCOC(=O)C(=O)OCC.[H]. The highest BCUT2D eigenvalue weighted by atomic mass is 16.6. The van der Waals surface area contributed by atoms with Crippen LogP contribution in [0.2, 0.25) is 0 Å². The summed E-state index contributed by atoms with van der Waals surface area (Å²) >= 11 is 0. The molecule has 0 aliphatic carbocycles. The number of esters is 2. The summed E-state index contributed by atoms with van der Waals surface area (Å²) in [6, 6.07) is 0. The van der Waals surface area contributed by atoms with Crippen LogP contribution < -0.4 is 0 Å². The zero-order valence-electron chi connectivity index (χ0n) is 7.05. The van der Waals surface area contributed by atoms with Gasteiger partial charge in [-0.25, -0.2) is 9.59 Å². The lowest BCUT2D eigenvalue weighted by molar-refractivity contribution is -0.167. The molecule has 4 heteroatoms. The van der Waals surface area contributed by atoms with E-state index in [2.05, 4.69) is 9.47 Å². The molecule has 0 fully saturated rings. The van der Waals surface area contributed by atoms with E-state index in [1.54, 1.807) is 13.8 Å². The van der Waals surface area contributed by atoms with E-state index in [-0.39, 0.29) is 14.6 Å². The van der Waals surface area contributed by atoms with Crippen molar-refractivity contribution in [3.8, 4) is 0 Å². The lowest BCUT2D eigenvalue weighted by Crippen LogP contribution is -2.19. The van der Waals surface area contributed by atoms with Gasteiger partial charge in [0.2, 0.25) is 0 Å². The quantitative estimate of drug-likeness (QED) is 0.414. The maximum absolute atomic E-state index is 10.4. The van der Waals surface area contributed by atoms with Crippen LogP contribution in [-0.4, -0.2) is 25.2 Å². The third-order valence-electron chi connectivity index (χ3n) is 0.718. The fourth-order valence-corrected chi connectivity index (χ4v) is 0.380. The van der Waals surface area contributed by atoms with Crippen molar-refractivity contribution in [3.63, 3.8) is 0 Å². The summed E-state index contributed by atoms with van der Waals surface area (Å²) in [5.74, 6) is -1.85. The Bertz CT molecular complexity index is 119. The van der Waals surface area contributed by atoms with E-state index in [1.807, 2.05) is 0 Å². The van der Waals surface area contributed by atoms with Crippen LogP contribution in [0.4, 0.5) is 0 Å². The maximum atomic E-state index is 10.4. The largest absolute Gasteiger partial charge is 0.458 e. The zero-order chi connectivity index (χ0) is 7.98. The molecule has 0 unspecified atom stereocenters. The van der Waals surface area contributed by atoms with Gasteiger partial charge in [0.25, 0.3) is 0 Å². The molecule has 0 bridgehead atoms. The van der Waals surface area contributed by atoms with Gasteiger partial charge in [0.1, 0.15) is 0 Å². The van der Waals surface area contributed by atoms with Crippen LogP contribution in [0.15, 0.2) is 0 Å². The molecule has 0 aromatic heterocycles. The van der Waals surface area contributed by atoms with Crippen LogP contribution in [-0.2, 0) is 19.1 Å². The molecule has 0 aromatic rings. The lowest BCUT2D eigenvalue weighted by atomic mass is 10.7. The summed E-state index contributed by atoms with van der Waals surface area (Å²) in [4.78, 5) is 20.9. The Hall–Kier alpha value is -1.06. The van der Waals surface area contributed by atoms with Gasteiger partial charge in [0.05, 0.1) is 13.2 Å². The molecule has 0 spiro atoms. The molecule has 0 saturated carbocycles. The van der Waals surface area contributed by atoms with Crippen LogP contribution in [0, 0.1) is 0 Å². The van der Waals surface area contributed by atoms with Gasteiger partial charge in [-0.15, -0.1) is 0 Å². The van der Waals surface area contributed by atoms with E-state index in [9.17, 15) is 9.59 Å². The van der Waals surface area contributed by atoms with Crippen molar-refractivity contribution in [1.82, 2.24) is 0 Å². The highest BCUT2D eigenvalue weighted by Crippen LogP contribution is 1.82. The van der Waals surface area contributed by atoms with Crippen LogP contribution in [0.1, 0.15) is 15.3 Å². The number of hydrogen-bond acceptors (Lipinski definition) is 4. The Balaban J connectivity index is 0. The van der Waals surface area contributed by atoms with Crippen LogP contribution in [0.3, 0.4) is 0 Å². The van der Waals surface area contributed by atoms with E-state index in [4.69, 9.17) is 0 Å². The molecule has 0 rings (SSSR count). The molecular weight excluding hydrogens is 136 g/mol. The van der Waals surface area contributed by atoms with Crippen molar-refractivity contribution in [1.29, 1.82) is 0 Å². The van der Waals surface area contributed by atoms with Gasteiger partial charge in [-0.3, -0.25) is 0 Å². The van der Waals surface area contributed by atoms with Gasteiger partial charge in [-0.05, 0) is 13.8 Å². The van der Waals surface area contributed by atoms with Gasteiger partial charge in [-0.1, -0.05) is 0 Å². The summed E-state index contributed by atoms with van der Waals surface area (Å²) in [6.07, 6.45) is 0. The summed E-state index contributed by atoms with van der Waals surface area (Å²) in [6.45, 7) is 3.63. The van der Waals surface area contributed by atoms with Gasteiger partial charge in [0.15, 0.2) is 0 Å². The predicted molar refractivity (Wildman–Crippen MR) is 34.4 cm³/mol. The standard InChI is InChI=1S/C6H10O4.H/c1-3-9-5(7)6(8)10-4-2;/h3-4H2,1-2H3;. The minimum atomic E-state index is -0.927. The highest BCUT2D eigenvalue weighted by Gasteiger charge is 2.14. The fourth-order valence-electron chi connectivity index (χ4n) is 0.380.